The zero-order valence-corrected chi connectivity index (χ0v) is 15.3. The van der Waals surface area contributed by atoms with Crippen molar-refractivity contribution >= 4 is 23.5 Å². The molecule has 0 bridgehead atoms. The van der Waals surface area contributed by atoms with Crippen LogP contribution < -0.4 is 4.90 Å². The van der Waals surface area contributed by atoms with Crippen molar-refractivity contribution in [1.29, 1.82) is 0 Å². The summed E-state index contributed by atoms with van der Waals surface area (Å²) in [6.45, 7) is 3.54. The van der Waals surface area contributed by atoms with Gasteiger partial charge in [-0.25, -0.2) is 0 Å². The van der Waals surface area contributed by atoms with E-state index in [9.17, 15) is 9.59 Å². The van der Waals surface area contributed by atoms with Crippen LogP contribution in [0.25, 0.3) is 17.2 Å². The van der Waals surface area contributed by atoms with Gasteiger partial charge in [-0.1, -0.05) is 66.2 Å². The Hall–Kier alpha value is -3.46. The van der Waals surface area contributed by atoms with Crippen molar-refractivity contribution in [3.8, 4) is 11.1 Å². The standard InChI is InChI=1S/C24H19NO2/c1-16-7-11-19(12-8-16)20-13-9-18(10-14-20)15-23-24(27)21-5-3-4-6-22(21)25(23)17(2)26/h3-15H,1-2H3/b23-15+. The van der Waals surface area contributed by atoms with E-state index in [0.29, 0.717) is 16.9 Å². The number of benzene rings is 3. The number of ketones is 1. The maximum atomic E-state index is 12.8. The molecular weight excluding hydrogens is 334 g/mol. The van der Waals surface area contributed by atoms with E-state index in [0.717, 1.165) is 16.7 Å². The predicted octanol–water partition coefficient (Wildman–Crippen LogP) is 5.25. The molecular formula is C24H19NO2. The summed E-state index contributed by atoms with van der Waals surface area (Å²) < 4.78 is 0. The molecule has 0 aliphatic carbocycles. The number of fused-ring (bicyclic) bond motifs is 1. The van der Waals surface area contributed by atoms with Gasteiger partial charge in [-0.15, -0.1) is 0 Å². The average Bonchev–Trinajstić information content (AvgIpc) is 2.95. The predicted molar refractivity (Wildman–Crippen MR) is 109 cm³/mol. The number of Topliss-reactive ketones (excluding diaryl/α,β-unsaturated/α-hetero) is 1. The highest BCUT2D eigenvalue weighted by atomic mass is 16.2. The average molecular weight is 353 g/mol. The molecule has 0 aromatic heterocycles. The third-order valence-corrected chi connectivity index (χ3v) is 4.78. The summed E-state index contributed by atoms with van der Waals surface area (Å²) in [5, 5.41) is 0. The first kappa shape index (κ1) is 17.0. The zero-order chi connectivity index (χ0) is 19.0. The molecule has 1 aliphatic rings. The topological polar surface area (TPSA) is 37.4 Å². The second kappa shape index (κ2) is 6.69. The Labute approximate surface area is 158 Å². The zero-order valence-electron chi connectivity index (χ0n) is 15.3. The van der Waals surface area contributed by atoms with Gasteiger partial charge in [0.15, 0.2) is 0 Å². The van der Waals surface area contributed by atoms with Crippen LogP contribution >= 0.6 is 0 Å². The molecule has 4 rings (SSSR count). The number of carbonyl (C=O) groups excluding carboxylic acids is 2. The van der Waals surface area contributed by atoms with Crippen molar-refractivity contribution in [1.82, 2.24) is 0 Å². The number of rotatable bonds is 2. The van der Waals surface area contributed by atoms with Gasteiger partial charge < -0.3 is 0 Å². The third kappa shape index (κ3) is 3.08. The van der Waals surface area contributed by atoms with Gasteiger partial charge in [-0.05, 0) is 41.8 Å². The van der Waals surface area contributed by atoms with E-state index < -0.39 is 0 Å². The Bertz CT molecular complexity index is 1060. The molecule has 0 radical (unpaired) electrons. The lowest BCUT2D eigenvalue weighted by molar-refractivity contribution is -0.116. The molecule has 27 heavy (non-hydrogen) atoms. The summed E-state index contributed by atoms with van der Waals surface area (Å²) in [6.07, 6.45) is 1.78. The number of nitrogens with zero attached hydrogens (tertiary/aromatic N) is 1. The van der Waals surface area contributed by atoms with Gasteiger partial charge in [0.05, 0.1) is 11.4 Å². The Morgan fingerprint density at radius 1 is 0.852 bits per heavy atom. The minimum atomic E-state index is -0.171. The summed E-state index contributed by atoms with van der Waals surface area (Å²) in [5.74, 6) is -0.292. The lowest BCUT2D eigenvalue weighted by Gasteiger charge is -2.16. The van der Waals surface area contributed by atoms with E-state index in [-0.39, 0.29) is 11.7 Å². The first-order chi connectivity index (χ1) is 13.0. The molecule has 132 valence electrons. The number of aryl methyl sites for hydroxylation is 1. The Balaban J connectivity index is 1.70. The highest BCUT2D eigenvalue weighted by Gasteiger charge is 2.34. The number of allylic oxidation sites excluding steroid dienone is 1. The first-order valence-electron chi connectivity index (χ1n) is 8.88. The molecule has 1 amide bonds. The van der Waals surface area contributed by atoms with E-state index in [1.807, 2.05) is 36.4 Å². The van der Waals surface area contributed by atoms with Crippen LogP contribution in [-0.4, -0.2) is 11.7 Å². The molecule has 3 nitrogen and oxygen atoms in total. The quantitative estimate of drug-likeness (QED) is 0.590. The van der Waals surface area contributed by atoms with E-state index >= 15 is 0 Å². The third-order valence-electron chi connectivity index (χ3n) is 4.78. The van der Waals surface area contributed by atoms with Crippen LogP contribution in [0.4, 0.5) is 5.69 Å². The SMILES string of the molecule is CC(=O)N1/C(=C/c2ccc(-c3ccc(C)cc3)cc2)C(=O)c2ccccc21. The van der Waals surface area contributed by atoms with Crippen LogP contribution in [0.5, 0.6) is 0 Å². The molecule has 0 saturated heterocycles. The second-order valence-corrected chi connectivity index (χ2v) is 6.72. The summed E-state index contributed by atoms with van der Waals surface area (Å²) in [6, 6.07) is 23.6. The molecule has 3 heteroatoms. The Kier molecular flexibility index (Phi) is 4.21. The van der Waals surface area contributed by atoms with Crippen LogP contribution in [0.2, 0.25) is 0 Å². The molecule has 3 aromatic rings. The smallest absolute Gasteiger partial charge is 0.228 e. The Morgan fingerprint density at radius 3 is 2.07 bits per heavy atom. The van der Waals surface area contributed by atoms with Gasteiger partial charge in [-0.3, -0.25) is 14.5 Å². The normalized spacial score (nSPS) is 14.5. The van der Waals surface area contributed by atoms with Crippen molar-refractivity contribution in [2.45, 2.75) is 13.8 Å². The molecule has 0 atom stereocenters. The van der Waals surface area contributed by atoms with E-state index in [4.69, 9.17) is 0 Å². The summed E-state index contributed by atoms with van der Waals surface area (Å²) >= 11 is 0. The molecule has 0 fully saturated rings. The van der Waals surface area contributed by atoms with Gasteiger partial charge in [0.2, 0.25) is 11.7 Å². The highest BCUT2D eigenvalue weighted by Crippen LogP contribution is 2.35. The van der Waals surface area contributed by atoms with Gasteiger partial charge in [0.1, 0.15) is 0 Å². The number of hydrogen-bond acceptors (Lipinski definition) is 2. The van der Waals surface area contributed by atoms with Crippen LogP contribution in [0.15, 0.2) is 78.5 Å². The van der Waals surface area contributed by atoms with Crippen LogP contribution in [0.1, 0.15) is 28.4 Å². The minimum absolute atomic E-state index is 0.122. The summed E-state index contributed by atoms with van der Waals surface area (Å²) in [4.78, 5) is 26.4. The van der Waals surface area contributed by atoms with Crippen LogP contribution in [-0.2, 0) is 4.79 Å². The molecule has 1 aliphatic heterocycles. The van der Waals surface area contributed by atoms with Crippen molar-refractivity contribution < 1.29 is 9.59 Å². The summed E-state index contributed by atoms with van der Waals surface area (Å²) in [7, 11) is 0. The number of carbonyl (C=O) groups is 2. The van der Waals surface area contributed by atoms with E-state index in [2.05, 4.69) is 31.2 Å². The molecule has 0 unspecified atom stereocenters. The van der Waals surface area contributed by atoms with E-state index in [1.165, 1.54) is 17.4 Å². The fourth-order valence-corrected chi connectivity index (χ4v) is 3.37. The number of amides is 1. The second-order valence-electron chi connectivity index (χ2n) is 6.72. The minimum Gasteiger partial charge on any atom is -0.287 e. The van der Waals surface area contributed by atoms with Gasteiger partial charge in [-0.2, -0.15) is 0 Å². The largest absolute Gasteiger partial charge is 0.287 e. The summed E-state index contributed by atoms with van der Waals surface area (Å²) in [5.41, 5.74) is 5.98. The number of para-hydroxylation sites is 1. The maximum Gasteiger partial charge on any atom is 0.228 e. The maximum absolute atomic E-state index is 12.8. The molecule has 3 aromatic carbocycles. The Morgan fingerprint density at radius 2 is 1.44 bits per heavy atom. The van der Waals surface area contributed by atoms with Crippen LogP contribution in [0.3, 0.4) is 0 Å². The van der Waals surface area contributed by atoms with Crippen molar-refractivity contribution in [2.75, 3.05) is 4.90 Å². The monoisotopic (exact) mass is 353 g/mol. The van der Waals surface area contributed by atoms with Crippen molar-refractivity contribution in [3.63, 3.8) is 0 Å². The molecule has 0 N–H and O–H groups in total. The molecule has 0 saturated carbocycles. The van der Waals surface area contributed by atoms with Gasteiger partial charge >= 0.3 is 0 Å². The number of anilines is 1. The van der Waals surface area contributed by atoms with Crippen LogP contribution in [0, 0.1) is 6.92 Å². The molecule has 0 spiro atoms. The lowest BCUT2D eigenvalue weighted by atomic mass is 10.0. The van der Waals surface area contributed by atoms with E-state index in [1.54, 1.807) is 18.2 Å². The molecule has 1 heterocycles. The first-order valence-corrected chi connectivity index (χ1v) is 8.88. The lowest BCUT2D eigenvalue weighted by Crippen LogP contribution is -2.25. The van der Waals surface area contributed by atoms with Crippen molar-refractivity contribution in [3.05, 3.63) is 95.2 Å². The number of hydrogen-bond donors (Lipinski definition) is 0. The van der Waals surface area contributed by atoms with Crippen molar-refractivity contribution in [2.24, 2.45) is 0 Å². The fraction of sp³-hybridized carbons (Fsp3) is 0.0833. The van der Waals surface area contributed by atoms with Gasteiger partial charge in [0.25, 0.3) is 0 Å². The van der Waals surface area contributed by atoms with Gasteiger partial charge in [0, 0.05) is 12.5 Å². The fourth-order valence-electron chi connectivity index (χ4n) is 3.37. The highest BCUT2D eigenvalue weighted by molar-refractivity contribution is 6.26.